The van der Waals surface area contributed by atoms with Crippen molar-refractivity contribution in [2.45, 2.75) is 84.1 Å². The highest BCUT2D eigenvalue weighted by Gasteiger charge is 1.95. The maximum atomic E-state index is 8.90. The van der Waals surface area contributed by atoms with E-state index in [4.69, 9.17) is 5.11 Å². The van der Waals surface area contributed by atoms with Gasteiger partial charge in [-0.25, -0.2) is 0 Å². The predicted molar refractivity (Wildman–Crippen MR) is 113 cm³/mol. The molecule has 144 valence electrons. The zero-order valence-corrected chi connectivity index (χ0v) is 16.6. The molecule has 2 nitrogen and oxygen atoms in total. The summed E-state index contributed by atoms with van der Waals surface area (Å²) < 4.78 is 0. The molecule has 0 saturated heterocycles. The summed E-state index contributed by atoms with van der Waals surface area (Å²) >= 11 is 0. The number of nitrogens with one attached hydrogen (secondary N) is 1. The van der Waals surface area contributed by atoms with Gasteiger partial charge in [-0.2, -0.15) is 0 Å². The lowest BCUT2D eigenvalue weighted by atomic mass is 10.2. The highest BCUT2D eigenvalue weighted by atomic mass is 16.3. The summed E-state index contributed by atoms with van der Waals surface area (Å²) in [6.45, 7) is 5.47. The first kappa shape index (κ1) is 23.9. The molecule has 0 aromatic heterocycles. The zero-order valence-electron chi connectivity index (χ0n) is 16.6. The molecule has 0 amide bonds. The molecule has 0 aliphatic heterocycles. The molecule has 0 aromatic carbocycles. The zero-order chi connectivity index (χ0) is 18.4. The maximum Gasteiger partial charge on any atom is 0.0581 e. The van der Waals surface area contributed by atoms with Crippen LogP contribution >= 0.6 is 0 Å². The number of hydrogen-bond acceptors (Lipinski definition) is 2. The normalized spacial score (nSPS) is 13.9. The third-order valence-corrected chi connectivity index (χ3v) is 4.02. The van der Waals surface area contributed by atoms with Crippen molar-refractivity contribution in [3.05, 3.63) is 48.6 Å². The summed E-state index contributed by atoms with van der Waals surface area (Å²) in [5.74, 6) is 0. The molecule has 0 bridgehead atoms. The lowest BCUT2D eigenvalue weighted by molar-refractivity contribution is 0.251. The van der Waals surface area contributed by atoms with Crippen LogP contribution in [0.25, 0.3) is 0 Å². The molecule has 2 N–H and O–H groups in total. The number of aliphatic hydroxyl groups excluding tert-OH is 1. The SMILES string of the molecule is CCCCCC=CCC=CCC=CCC=CCCCCN[C@H](C)CO. The van der Waals surface area contributed by atoms with E-state index in [0.29, 0.717) is 0 Å². The Morgan fingerprint density at radius 1 is 0.720 bits per heavy atom. The topological polar surface area (TPSA) is 32.3 Å². The van der Waals surface area contributed by atoms with Crippen LogP contribution in [-0.2, 0) is 0 Å². The molecule has 0 aromatic rings. The van der Waals surface area contributed by atoms with Crippen LogP contribution in [-0.4, -0.2) is 24.3 Å². The molecule has 0 rings (SSSR count). The van der Waals surface area contributed by atoms with Gasteiger partial charge in [-0.1, -0.05) is 68.4 Å². The van der Waals surface area contributed by atoms with Crippen molar-refractivity contribution in [2.75, 3.05) is 13.2 Å². The monoisotopic (exact) mass is 347 g/mol. The minimum atomic E-state index is 0.219. The van der Waals surface area contributed by atoms with Gasteiger partial charge in [0.15, 0.2) is 0 Å². The van der Waals surface area contributed by atoms with Gasteiger partial charge in [-0.3, -0.25) is 0 Å². The van der Waals surface area contributed by atoms with E-state index >= 15 is 0 Å². The molecule has 0 saturated carbocycles. The number of unbranched alkanes of at least 4 members (excludes halogenated alkanes) is 5. The van der Waals surface area contributed by atoms with Crippen molar-refractivity contribution in [3.8, 4) is 0 Å². The Bertz CT molecular complexity index is 368. The van der Waals surface area contributed by atoms with E-state index < -0.39 is 0 Å². The van der Waals surface area contributed by atoms with Crippen LogP contribution in [0.5, 0.6) is 0 Å². The summed E-state index contributed by atoms with van der Waals surface area (Å²) in [4.78, 5) is 0. The fourth-order valence-corrected chi connectivity index (χ4v) is 2.36. The van der Waals surface area contributed by atoms with Gasteiger partial charge >= 0.3 is 0 Å². The average Bonchev–Trinajstić information content (AvgIpc) is 2.63. The van der Waals surface area contributed by atoms with E-state index in [1.54, 1.807) is 0 Å². The molecular weight excluding hydrogens is 306 g/mol. The van der Waals surface area contributed by atoms with Crippen LogP contribution in [0, 0.1) is 0 Å². The van der Waals surface area contributed by atoms with E-state index in [1.165, 1.54) is 38.5 Å². The smallest absolute Gasteiger partial charge is 0.0581 e. The molecular formula is C23H41NO. The standard InChI is InChI=1S/C23H41NO/c1-3-4-5-6-7-8-9-10-11-12-13-14-15-16-17-18-19-20-21-24-23(2)22-25/h7-8,10-11,13-14,16-17,23-25H,3-6,9,12,15,18-22H2,1-2H3/t23-/m1/s1. The highest BCUT2D eigenvalue weighted by molar-refractivity contribution is 4.99. The Morgan fingerprint density at radius 3 is 1.68 bits per heavy atom. The van der Waals surface area contributed by atoms with Gasteiger partial charge in [-0.15, -0.1) is 0 Å². The van der Waals surface area contributed by atoms with Crippen LogP contribution in [0.3, 0.4) is 0 Å². The molecule has 0 aliphatic carbocycles. The van der Waals surface area contributed by atoms with E-state index in [0.717, 1.165) is 32.2 Å². The lowest BCUT2D eigenvalue weighted by Crippen LogP contribution is -2.29. The molecule has 0 aliphatic rings. The average molecular weight is 348 g/mol. The quantitative estimate of drug-likeness (QED) is 0.246. The van der Waals surface area contributed by atoms with Crippen LogP contribution in [0.15, 0.2) is 48.6 Å². The fraction of sp³-hybridized carbons (Fsp3) is 0.652. The van der Waals surface area contributed by atoms with E-state index in [1.807, 2.05) is 6.92 Å². The highest BCUT2D eigenvalue weighted by Crippen LogP contribution is 2.01. The summed E-state index contributed by atoms with van der Waals surface area (Å²) in [6.07, 6.45) is 30.0. The molecule has 1 atom stereocenters. The molecule has 0 spiro atoms. The molecule has 2 heteroatoms. The van der Waals surface area contributed by atoms with Crippen LogP contribution in [0.4, 0.5) is 0 Å². The third-order valence-electron chi connectivity index (χ3n) is 4.02. The van der Waals surface area contributed by atoms with Gasteiger partial charge in [-0.05, 0) is 64.8 Å². The fourth-order valence-electron chi connectivity index (χ4n) is 2.36. The van der Waals surface area contributed by atoms with Crippen molar-refractivity contribution < 1.29 is 5.11 Å². The lowest BCUT2D eigenvalue weighted by Gasteiger charge is -2.09. The molecule has 25 heavy (non-hydrogen) atoms. The number of allylic oxidation sites excluding steroid dienone is 8. The van der Waals surface area contributed by atoms with Crippen molar-refractivity contribution >= 4 is 0 Å². The van der Waals surface area contributed by atoms with Crippen LogP contribution in [0.2, 0.25) is 0 Å². The number of hydrogen-bond donors (Lipinski definition) is 2. The first-order chi connectivity index (χ1) is 12.3. The molecule has 0 radical (unpaired) electrons. The Hall–Kier alpha value is -1.12. The van der Waals surface area contributed by atoms with Crippen molar-refractivity contribution in [2.24, 2.45) is 0 Å². The van der Waals surface area contributed by atoms with Crippen LogP contribution in [0.1, 0.15) is 78.1 Å². The minimum Gasteiger partial charge on any atom is -0.395 e. The Labute approximate surface area is 156 Å². The second-order valence-electron chi connectivity index (χ2n) is 6.62. The molecule has 0 unspecified atom stereocenters. The minimum absolute atomic E-state index is 0.219. The maximum absolute atomic E-state index is 8.90. The van der Waals surface area contributed by atoms with Crippen molar-refractivity contribution in [1.29, 1.82) is 0 Å². The van der Waals surface area contributed by atoms with Gasteiger partial charge < -0.3 is 10.4 Å². The third kappa shape index (κ3) is 20.8. The number of aliphatic hydroxyl groups is 1. The van der Waals surface area contributed by atoms with Gasteiger partial charge in [0.2, 0.25) is 0 Å². The first-order valence-electron chi connectivity index (χ1n) is 10.3. The second-order valence-corrected chi connectivity index (χ2v) is 6.62. The summed E-state index contributed by atoms with van der Waals surface area (Å²) in [5.41, 5.74) is 0. The molecule has 0 heterocycles. The van der Waals surface area contributed by atoms with Crippen molar-refractivity contribution in [1.82, 2.24) is 5.32 Å². The summed E-state index contributed by atoms with van der Waals surface area (Å²) in [6, 6.07) is 0.219. The van der Waals surface area contributed by atoms with E-state index in [-0.39, 0.29) is 12.6 Å². The van der Waals surface area contributed by atoms with Gasteiger partial charge in [0, 0.05) is 6.04 Å². The Kier molecular flexibility index (Phi) is 20.0. The van der Waals surface area contributed by atoms with E-state index in [9.17, 15) is 0 Å². The van der Waals surface area contributed by atoms with Crippen molar-refractivity contribution in [3.63, 3.8) is 0 Å². The largest absolute Gasteiger partial charge is 0.395 e. The summed E-state index contributed by atoms with van der Waals surface area (Å²) in [5, 5.41) is 12.2. The Balaban J connectivity index is 3.37. The summed E-state index contributed by atoms with van der Waals surface area (Å²) in [7, 11) is 0. The van der Waals surface area contributed by atoms with Crippen LogP contribution < -0.4 is 5.32 Å². The first-order valence-corrected chi connectivity index (χ1v) is 10.3. The molecule has 0 fully saturated rings. The second kappa shape index (κ2) is 20.9. The Morgan fingerprint density at radius 2 is 1.20 bits per heavy atom. The van der Waals surface area contributed by atoms with Gasteiger partial charge in [0.05, 0.1) is 6.61 Å². The van der Waals surface area contributed by atoms with Gasteiger partial charge in [0.25, 0.3) is 0 Å². The van der Waals surface area contributed by atoms with E-state index in [2.05, 4.69) is 60.8 Å². The predicted octanol–water partition coefficient (Wildman–Crippen LogP) is 6.10. The number of rotatable bonds is 17. The van der Waals surface area contributed by atoms with Gasteiger partial charge in [0.1, 0.15) is 0 Å².